The van der Waals surface area contributed by atoms with Gasteiger partial charge < -0.3 is 44.1 Å². The second kappa shape index (κ2) is 13.0. The highest BCUT2D eigenvalue weighted by atomic mass is 79.9. The Morgan fingerprint density at radius 3 is 2.55 bits per heavy atom. The van der Waals surface area contributed by atoms with Crippen LogP contribution in [0.2, 0.25) is 0 Å². The van der Waals surface area contributed by atoms with E-state index in [1.165, 1.54) is 0 Å². The van der Waals surface area contributed by atoms with E-state index in [1.807, 2.05) is 25.2 Å². The lowest BCUT2D eigenvalue weighted by Crippen LogP contribution is -2.57. The van der Waals surface area contributed by atoms with Gasteiger partial charge in [-0.05, 0) is 61.3 Å². The molecule has 0 radical (unpaired) electrons. The fraction of sp³-hybridized carbons (Fsp3) is 0.515. The number of hydrogen-bond donors (Lipinski definition) is 2. The summed E-state index contributed by atoms with van der Waals surface area (Å²) in [6.07, 6.45) is 3.94. The van der Waals surface area contributed by atoms with Crippen molar-refractivity contribution in [3.63, 3.8) is 0 Å². The van der Waals surface area contributed by atoms with Crippen LogP contribution in [0.5, 0.6) is 17.2 Å². The molecule has 47 heavy (non-hydrogen) atoms. The molecule has 0 bridgehead atoms. The van der Waals surface area contributed by atoms with Gasteiger partial charge >= 0.3 is 0 Å². The van der Waals surface area contributed by atoms with Crippen molar-refractivity contribution < 1.29 is 18.8 Å². The Morgan fingerprint density at radius 1 is 0.979 bits per heavy atom. The molecular weight excluding hydrogens is 683 g/mol. The number of nitrogens with one attached hydrogen (secondary N) is 2. The van der Waals surface area contributed by atoms with Crippen molar-refractivity contribution in [2.45, 2.75) is 24.9 Å². The summed E-state index contributed by atoms with van der Waals surface area (Å²) >= 11 is 3.60. The number of likely N-dealkylation sites (N-methyl/N-ethyl adjacent to an activating group) is 2. The number of anilines is 6. The largest absolute Gasteiger partial charge is 0.494 e. The second-order valence-corrected chi connectivity index (χ2v) is 17.3. The Bertz CT molecular complexity index is 1700. The summed E-state index contributed by atoms with van der Waals surface area (Å²) in [6, 6.07) is 8.91. The number of nitrogens with zero attached hydrogens (tertiary/aromatic N) is 6. The molecule has 0 spiro atoms. The predicted molar refractivity (Wildman–Crippen MR) is 192 cm³/mol. The normalized spacial score (nSPS) is 21.6. The number of piperidine rings is 1. The molecule has 7 rings (SSSR count). The maximum atomic E-state index is 13.5. The van der Waals surface area contributed by atoms with Gasteiger partial charge in [0.15, 0.2) is 5.75 Å². The smallest absolute Gasteiger partial charge is 0.229 e. The molecule has 252 valence electrons. The van der Waals surface area contributed by atoms with E-state index in [1.54, 1.807) is 26.6 Å². The first-order valence-electron chi connectivity index (χ1n) is 16.3. The number of ether oxygens (including phenoxy) is 3. The number of aromatic nitrogens is 2. The van der Waals surface area contributed by atoms with Crippen LogP contribution in [0.4, 0.5) is 34.5 Å². The lowest BCUT2D eigenvalue weighted by atomic mass is 9.93. The number of rotatable bonds is 7. The standard InChI is InChI=1S/C33H44BrN8O4P/c1-39-10-12-41(13-11-39)21-8-9-42-22(16-21)20-46-29-17-25(28(44-3)18-27(29)42)37-33-35-19-23(34)32(38-33)36-24-6-7-26-30(31(24)47(4,5)43)45-15-14-40(26)2/h6-7,17-19,21-22H,8-16,20H2,1-5H3,(H2,35,36,37,38)/t21-,22+/m0/s1. The first kappa shape index (κ1) is 32.3. The van der Waals surface area contributed by atoms with Gasteiger partial charge in [-0.3, -0.25) is 4.90 Å². The van der Waals surface area contributed by atoms with Gasteiger partial charge in [0.05, 0.1) is 52.2 Å². The molecule has 1 aromatic heterocycles. The molecule has 14 heteroatoms. The summed E-state index contributed by atoms with van der Waals surface area (Å²) in [5.41, 5.74) is 3.39. The Morgan fingerprint density at radius 2 is 1.79 bits per heavy atom. The zero-order valence-electron chi connectivity index (χ0n) is 27.8. The maximum Gasteiger partial charge on any atom is 0.229 e. The van der Waals surface area contributed by atoms with E-state index in [0.29, 0.717) is 69.7 Å². The Balaban J connectivity index is 1.12. The summed E-state index contributed by atoms with van der Waals surface area (Å²) in [7, 11) is 3.16. The summed E-state index contributed by atoms with van der Waals surface area (Å²) in [5.74, 6) is 3.07. The summed E-state index contributed by atoms with van der Waals surface area (Å²) in [5, 5.41) is 7.42. The average molecular weight is 728 g/mol. The minimum Gasteiger partial charge on any atom is -0.494 e. The quantitative estimate of drug-likeness (QED) is 0.327. The third kappa shape index (κ3) is 6.47. The van der Waals surface area contributed by atoms with Crippen molar-refractivity contribution in [2.75, 3.05) is 107 Å². The highest BCUT2D eigenvalue weighted by molar-refractivity contribution is 9.10. The monoisotopic (exact) mass is 726 g/mol. The zero-order valence-corrected chi connectivity index (χ0v) is 30.2. The van der Waals surface area contributed by atoms with Gasteiger partial charge in [-0.15, -0.1) is 0 Å². The molecule has 0 amide bonds. The number of fused-ring (bicyclic) bond motifs is 4. The van der Waals surface area contributed by atoms with Gasteiger partial charge in [-0.1, -0.05) is 0 Å². The molecule has 2 fully saturated rings. The van der Waals surface area contributed by atoms with E-state index < -0.39 is 7.14 Å². The van der Waals surface area contributed by atoms with Crippen LogP contribution in [-0.4, -0.2) is 119 Å². The van der Waals surface area contributed by atoms with E-state index in [4.69, 9.17) is 19.2 Å². The molecule has 3 aromatic rings. The van der Waals surface area contributed by atoms with E-state index >= 15 is 0 Å². The Hall–Kier alpha value is -3.25. The van der Waals surface area contributed by atoms with Crippen LogP contribution >= 0.6 is 23.1 Å². The van der Waals surface area contributed by atoms with E-state index in [2.05, 4.69) is 64.3 Å². The van der Waals surface area contributed by atoms with Crippen molar-refractivity contribution in [2.24, 2.45) is 0 Å². The van der Waals surface area contributed by atoms with Gasteiger partial charge in [0.1, 0.15) is 37.7 Å². The van der Waals surface area contributed by atoms with Gasteiger partial charge in [0.2, 0.25) is 5.95 Å². The molecule has 0 saturated carbocycles. The van der Waals surface area contributed by atoms with Gasteiger partial charge in [0, 0.05) is 64.1 Å². The molecule has 12 nitrogen and oxygen atoms in total. The molecule has 2 saturated heterocycles. The number of hydrogen-bond acceptors (Lipinski definition) is 12. The molecule has 4 aliphatic heterocycles. The minimum absolute atomic E-state index is 0.341. The van der Waals surface area contributed by atoms with Crippen LogP contribution < -0.4 is 39.9 Å². The van der Waals surface area contributed by atoms with Crippen molar-refractivity contribution in [1.82, 2.24) is 19.8 Å². The topological polar surface area (TPSA) is 108 Å². The first-order chi connectivity index (χ1) is 22.6. The maximum absolute atomic E-state index is 13.5. The minimum atomic E-state index is -2.73. The Kier molecular flexibility index (Phi) is 8.93. The average Bonchev–Trinajstić information content (AvgIpc) is 3.05. The van der Waals surface area contributed by atoms with E-state index in [0.717, 1.165) is 69.2 Å². The van der Waals surface area contributed by atoms with Crippen molar-refractivity contribution in [3.05, 3.63) is 34.9 Å². The molecule has 2 N–H and O–H groups in total. The van der Waals surface area contributed by atoms with Crippen LogP contribution in [0.3, 0.4) is 0 Å². The first-order valence-corrected chi connectivity index (χ1v) is 19.7. The number of methoxy groups -OCH3 is 1. The molecule has 5 heterocycles. The number of halogens is 1. The fourth-order valence-electron chi connectivity index (χ4n) is 7.17. The van der Waals surface area contributed by atoms with Crippen molar-refractivity contribution in [1.29, 1.82) is 0 Å². The van der Waals surface area contributed by atoms with Gasteiger partial charge in [-0.25, -0.2) is 4.98 Å². The third-order valence-electron chi connectivity index (χ3n) is 9.74. The number of benzene rings is 2. The molecule has 0 unspecified atom stereocenters. The Labute approximate surface area is 285 Å². The summed E-state index contributed by atoms with van der Waals surface area (Å²) < 4.78 is 32.5. The lowest BCUT2D eigenvalue weighted by molar-refractivity contribution is 0.0822. The summed E-state index contributed by atoms with van der Waals surface area (Å²) in [6.45, 7) is 11.0. The molecule has 2 aromatic carbocycles. The van der Waals surface area contributed by atoms with Crippen LogP contribution in [0.15, 0.2) is 34.9 Å². The van der Waals surface area contributed by atoms with Crippen LogP contribution in [-0.2, 0) is 4.57 Å². The van der Waals surface area contributed by atoms with Crippen LogP contribution in [0, 0.1) is 0 Å². The van der Waals surface area contributed by atoms with E-state index in [-0.39, 0.29) is 0 Å². The molecule has 0 aliphatic carbocycles. The third-order valence-corrected chi connectivity index (χ3v) is 11.8. The lowest BCUT2D eigenvalue weighted by Gasteiger charge is -2.48. The molecular formula is C33H44BrN8O4P. The van der Waals surface area contributed by atoms with Crippen molar-refractivity contribution in [3.8, 4) is 17.2 Å². The van der Waals surface area contributed by atoms with Crippen molar-refractivity contribution >= 4 is 62.9 Å². The second-order valence-electron chi connectivity index (χ2n) is 13.3. The molecule has 4 aliphatic rings. The van der Waals surface area contributed by atoms with Crippen LogP contribution in [0.1, 0.15) is 12.8 Å². The van der Waals surface area contributed by atoms with Gasteiger partial charge in [0.25, 0.3) is 0 Å². The number of piperazine rings is 1. The highest BCUT2D eigenvalue weighted by Crippen LogP contribution is 2.47. The fourth-order valence-corrected chi connectivity index (χ4v) is 8.84. The molecule has 2 atom stereocenters. The summed E-state index contributed by atoms with van der Waals surface area (Å²) in [4.78, 5) is 19.0. The van der Waals surface area contributed by atoms with Crippen LogP contribution in [0.25, 0.3) is 0 Å². The predicted octanol–water partition coefficient (Wildman–Crippen LogP) is 4.79. The van der Waals surface area contributed by atoms with Gasteiger partial charge in [-0.2, -0.15) is 4.98 Å². The van der Waals surface area contributed by atoms with E-state index in [9.17, 15) is 4.57 Å². The zero-order chi connectivity index (χ0) is 32.9. The SMILES string of the molecule is COc1cc2c(cc1Nc1ncc(Br)c(Nc3ccc4c(c3P(C)(C)=O)OCCN4C)n1)OC[C@H]1C[C@@H](N3CCN(C)CC3)CCN21. The highest BCUT2D eigenvalue weighted by Gasteiger charge is 2.37.